The Bertz CT molecular complexity index is 828. The molecule has 3 rings (SSSR count). The molecule has 2 amide bonds. The van der Waals surface area contributed by atoms with Gasteiger partial charge in [-0.25, -0.2) is 0 Å². The van der Waals surface area contributed by atoms with Crippen molar-refractivity contribution in [1.29, 1.82) is 0 Å². The second-order valence-corrected chi connectivity index (χ2v) is 12.8. The van der Waals surface area contributed by atoms with Crippen molar-refractivity contribution in [1.82, 2.24) is 4.90 Å². The fraction of sp³-hybridized carbons (Fsp3) is 0.364. The average Bonchev–Trinajstić information content (AvgIpc) is 2.74. The van der Waals surface area contributed by atoms with Gasteiger partial charge in [-0.3, -0.25) is 14.5 Å². The highest BCUT2D eigenvalue weighted by molar-refractivity contribution is 9.10. The van der Waals surface area contributed by atoms with Crippen molar-refractivity contribution in [3.05, 3.63) is 70.2 Å². The van der Waals surface area contributed by atoms with Gasteiger partial charge in [0.1, 0.15) is 0 Å². The van der Waals surface area contributed by atoms with E-state index in [-0.39, 0.29) is 17.9 Å². The Kier molecular flexibility index (Phi) is 6.53. The number of benzene rings is 2. The van der Waals surface area contributed by atoms with Crippen molar-refractivity contribution in [2.24, 2.45) is 0 Å². The van der Waals surface area contributed by atoms with E-state index in [1.165, 1.54) is 4.90 Å². The van der Waals surface area contributed by atoms with Crippen LogP contribution in [0.4, 0.5) is 0 Å². The molecule has 1 aliphatic heterocycles. The van der Waals surface area contributed by atoms with Gasteiger partial charge in [-0.2, -0.15) is 0 Å². The Labute approximate surface area is 176 Å². The first-order valence-electron chi connectivity index (χ1n) is 9.82. The Morgan fingerprint density at radius 3 is 2.11 bits per heavy atom. The van der Waals surface area contributed by atoms with E-state index in [1.54, 1.807) is 12.1 Å². The van der Waals surface area contributed by atoms with Crippen LogP contribution in [0.25, 0.3) is 0 Å². The fourth-order valence-electron chi connectivity index (χ4n) is 3.78. The molecule has 148 valence electrons. The molecule has 1 heterocycles. The lowest BCUT2D eigenvalue weighted by Crippen LogP contribution is -2.64. The lowest BCUT2D eigenvalue weighted by Gasteiger charge is -2.48. The quantitative estimate of drug-likeness (QED) is 0.309. The molecule has 0 spiro atoms. The van der Waals surface area contributed by atoms with Crippen molar-refractivity contribution >= 4 is 36.1 Å². The van der Waals surface area contributed by atoms with Crippen LogP contribution in [0, 0.1) is 0 Å². The topological polar surface area (TPSA) is 46.6 Å². The van der Waals surface area contributed by atoms with Gasteiger partial charge in [0.15, 0.2) is 14.4 Å². The Balaban J connectivity index is 1.93. The number of hydrogen-bond donors (Lipinski definition) is 0. The van der Waals surface area contributed by atoms with Crippen LogP contribution in [0.2, 0.25) is 18.1 Å². The summed E-state index contributed by atoms with van der Waals surface area (Å²) in [4.78, 5) is 27.5. The molecule has 1 aliphatic rings. The molecular weight excluding hydrogens is 434 g/mol. The summed E-state index contributed by atoms with van der Waals surface area (Å²) in [5.41, 5.74) is 1.43. The van der Waals surface area contributed by atoms with E-state index in [2.05, 4.69) is 36.7 Å². The van der Waals surface area contributed by atoms with Crippen molar-refractivity contribution in [3.63, 3.8) is 0 Å². The Morgan fingerprint density at radius 2 is 1.57 bits per heavy atom. The van der Waals surface area contributed by atoms with Crippen molar-refractivity contribution in [2.75, 3.05) is 0 Å². The number of amides is 2. The number of hydrogen-bond acceptors (Lipinski definition) is 3. The summed E-state index contributed by atoms with van der Waals surface area (Å²) in [6.45, 7) is 6.43. The van der Waals surface area contributed by atoms with Crippen LogP contribution >= 0.6 is 15.9 Å². The van der Waals surface area contributed by atoms with E-state index in [0.29, 0.717) is 5.56 Å². The van der Waals surface area contributed by atoms with Crippen LogP contribution in [0.3, 0.4) is 0 Å². The van der Waals surface area contributed by atoms with Gasteiger partial charge in [-0.1, -0.05) is 67.0 Å². The van der Waals surface area contributed by atoms with Crippen LogP contribution in [0.5, 0.6) is 0 Å². The normalized spacial score (nSPS) is 19.4. The zero-order chi connectivity index (χ0) is 20.3. The molecule has 0 saturated carbocycles. The van der Waals surface area contributed by atoms with E-state index in [1.807, 2.05) is 42.5 Å². The predicted molar refractivity (Wildman–Crippen MR) is 117 cm³/mol. The minimum absolute atomic E-state index is 0.228. The highest BCUT2D eigenvalue weighted by Gasteiger charge is 2.54. The van der Waals surface area contributed by atoms with Gasteiger partial charge in [-0.15, -0.1) is 0 Å². The lowest BCUT2D eigenvalue weighted by atomic mass is 9.90. The molecule has 0 radical (unpaired) electrons. The zero-order valence-electron chi connectivity index (χ0n) is 16.5. The van der Waals surface area contributed by atoms with Crippen molar-refractivity contribution in [3.8, 4) is 0 Å². The number of β-lactam (4-membered cyclic amide) rings is 1. The lowest BCUT2D eigenvalue weighted by molar-refractivity contribution is -0.158. The van der Waals surface area contributed by atoms with Gasteiger partial charge in [0.05, 0.1) is 6.04 Å². The third kappa shape index (κ3) is 3.86. The number of halogens is 1. The molecule has 0 unspecified atom stereocenters. The van der Waals surface area contributed by atoms with E-state index >= 15 is 0 Å². The molecule has 4 nitrogen and oxygen atoms in total. The summed E-state index contributed by atoms with van der Waals surface area (Å²) in [6, 6.07) is 19.3. The number of carbonyl (C=O) groups is 2. The number of rotatable bonds is 7. The third-order valence-corrected chi connectivity index (χ3v) is 11.0. The standard InChI is InChI=1S/C22H26BrNO3Si/c1-4-28(5-2,6-3)27-20-19(16-10-8-7-9-11-16)24(22(20)26)21(25)17-12-14-18(23)15-13-17/h7-15,19-20H,4-6H2,1-3H3/t19-,20+/m1/s1. The minimum Gasteiger partial charge on any atom is -0.403 e. The first-order chi connectivity index (χ1) is 13.5. The largest absolute Gasteiger partial charge is 0.403 e. The molecule has 0 N–H and O–H groups in total. The van der Waals surface area contributed by atoms with Crippen molar-refractivity contribution in [2.45, 2.75) is 51.0 Å². The van der Waals surface area contributed by atoms with E-state index in [0.717, 1.165) is 28.2 Å². The summed E-state index contributed by atoms with van der Waals surface area (Å²) in [6.07, 6.45) is -0.576. The summed E-state index contributed by atoms with van der Waals surface area (Å²) in [5.74, 6) is -0.503. The molecule has 1 saturated heterocycles. The second kappa shape index (κ2) is 8.72. The maximum atomic E-state index is 13.1. The maximum Gasteiger partial charge on any atom is 0.261 e. The van der Waals surface area contributed by atoms with Crippen molar-refractivity contribution < 1.29 is 14.0 Å². The molecule has 1 fully saturated rings. The molecule has 2 atom stereocenters. The average molecular weight is 460 g/mol. The number of nitrogens with zero attached hydrogens (tertiary/aromatic N) is 1. The molecule has 0 aliphatic carbocycles. The van der Waals surface area contributed by atoms with Crippen LogP contribution in [-0.4, -0.2) is 31.1 Å². The van der Waals surface area contributed by atoms with E-state index < -0.39 is 14.4 Å². The molecule has 2 aromatic rings. The Morgan fingerprint density at radius 1 is 1.00 bits per heavy atom. The first-order valence-corrected chi connectivity index (χ1v) is 13.1. The highest BCUT2D eigenvalue weighted by atomic mass is 79.9. The highest BCUT2D eigenvalue weighted by Crippen LogP contribution is 2.41. The smallest absolute Gasteiger partial charge is 0.261 e. The summed E-state index contributed by atoms with van der Waals surface area (Å²) in [7, 11) is -1.98. The van der Waals surface area contributed by atoms with Crippen LogP contribution in [0.15, 0.2) is 59.1 Å². The summed E-state index contributed by atoms with van der Waals surface area (Å²) >= 11 is 3.38. The van der Waals surface area contributed by atoms with Gasteiger partial charge in [0, 0.05) is 10.0 Å². The predicted octanol–water partition coefficient (Wildman–Crippen LogP) is 5.56. The molecule has 2 aromatic carbocycles. The minimum atomic E-state index is -1.98. The fourth-order valence-corrected chi connectivity index (χ4v) is 6.81. The van der Waals surface area contributed by atoms with Gasteiger partial charge >= 0.3 is 0 Å². The van der Waals surface area contributed by atoms with Gasteiger partial charge in [0.2, 0.25) is 0 Å². The second-order valence-electron chi connectivity index (χ2n) is 7.16. The SMILES string of the molecule is CC[Si](CC)(CC)O[C@@H]1C(=O)N(C(=O)c2ccc(Br)cc2)[C@@H]1c1ccccc1. The summed E-state index contributed by atoms with van der Waals surface area (Å²) in [5, 5.41) is 0. The third-order valence-electron chi connectivity index (χ3n) is 5.81. The molecule has 0 bridgehead atoms. The molecular formula is C22H26BrNO3Si. The molecule has 0 aromatic heterocycles. The van der Waals surface area contributed by atoms with Crippen LogP contribution < -0.4 is 0 Å². The van der Waals surface area contributed by atoms with E-state index in [9.17, 15) is 9.59 Å². The number of imide groups is 1. The monoisotopic (exact) mass is 459 g/mol. The zero-order valence-corrected chi connectivity index (χ0v) is 19.1. The Hall–Kier alpha value is -1.76. The molecule has 6 heteroatoms. The van der Waals surface area contributed by atoms with Gasteiger partial charge in [-0.05, 0) is 48.0 Å². The van der Waals surface area contributed by atoms with Gasteiger partial charge < -0.3 is 4.43 Å². The van der Waals surface area contributed by atoms with E-state index in [4.69, 9.17) is 4.43 Å². The maximum absolute atomic E-state index is 13.1. The first kappa shape index (κ1) is 21.0. The number of likely N-dealkylation sites (tertiary alicyclic amines) is 1. The number of carbonyl (C=O) groups excluding carboxylic acids is 2. The van der Waals surface area contributed by atoms with Crippen LogP contribution in [0.1, 0.15) is 42.7 Å². The van der Waals surface area contributed by atoms with Gasteiger partial charge in [0.25, 0.3) is 11.8 Å². The van der Waals surface area contributed by atoms with Crippen LogP contribution in [-0.2, 0) is 9.22 Å². The molecule has 28 heavy (non-hydrogen) atoms. The summed E-state index contributed by atoms with van der Waals surface area (Å²) < 4.78 is 7.42.